The second kappa shape index (κ2) is 5.37. The fourth-order valence-corrected chi connectivity index (χ4v) is 2.58. The highest BCUT2D eigenvalue weighted by molar-refractivity contribution is 9.10. The van der Waals surface area contributed by atoms with Gasteiger partial charge in [0.25, 0.3) is 0 Å². The van der Waals surface area contributed by atoms with Gasteiger partial charge in [0.15, 0.2) is 0 Å². The molecule has 1 unspecified atom stereocenters. The smallest absolute Gasteiger partial charge is 0.323 e. The molecule has 0 fully saturated rings. The van der Waals surface area contributed by atoms with Crippen LogP contribution in [-0.4, -0.2) is 9.97 Å². The molecule has 0 aliphatic rings. The second-order valence-corrected chi connectivity index (χ2v) is 5.79. The van der Waals surface area contributed by atoms with E-state index in [0.717, 1.165) is 16.6 Å². The third-order valence-corrected chi connectivity index (χ3v) is 3.84. The first-order valence-electron chi connectivity index (χ1n) is 6.46. The van der Waals surface area contributed by atoms with E-state index in [4.69, 9.17) is 0 Å². The Morgan fingerprint density at radius 3 is 2.67 bits per heavy atom. The second-order valence-electron chi connectivity index (χ2n) is 4.87. The molecule has 21 heavy (non-hydrogen) atoms. The van der Waals surface area contributed by atoms with E-state index >= 15 is 0 Å². The molecule has 0 spiro atoms. The topological polar surface area (TPSA) is 60.7 Å². The predicted molar refractivity (Wildman–Crippen MR) is 85.1 cm³/mol. The summed E-state index contributed by atoms with van der Waals surface area (Å²) in [5, 5.41) is 3.13. The molecular formula is C15H13BrFN3O. The van der Waals surface area contributed by atoms with Gasteiger partial charge < -0.3 is 15.3 Å². The number of imidazole rings is 1. The number of fused-ring (bicyclic) bond motifs is 1. The summed E-state index contributed by atoms with van der Waals surface area (Å²) < 4.78 is 14.5. The Kier molecular flexibility index (Phi) is 3.55. The first kappa shape index (κ1) is 13.9. The Balaban J connectivity index is 1.89. The fraction of sp³-hybridized carbons (Fsp3) is 0.133. The number of benzene rings is 2. The van der Waals surface area contributed by atoms with Gasteiger partial charge in [-0.3, -0.25) is 0 Å². The van der Waals surface area contributed by atoms with E-state index < -0.39 is 0 Å². The molecule has 3 rings (SSSR count). The Bertz CT molecular complexity index is 855. The molecule has 4 nitrogen and oxygen atoms in total. The molecule has 3 aromatic rings. The van der Waals surface area contributed by atoms with Crippen molar-refractivity contribution in [3.05, 3.63) is 62.7 Å². The van der Waals surface area contributed by atoms with Crippen molar-refractivity contribution in [2.24, 2.45) is 0 Å². The summed E-state index contributed by atoms with van der Waals surface area (Å²) in [6, 6.07) is 10.4. The van der Waals surface area contributed by atoms with E-state index in [-0.39, 0.29) is 17.5 Å². The quantitative estimate of drug-likeness (QED) is 0.670. The summed E-state index contributed by atoms with van der Waals surface area (Å²) >= 11 is 3.23. The fourth-order valence-electron chi connectivity index (χ4n) is 2.24. The van der Waals surface area contributed by atoms with Gasteiger partial charge in [-0.25, -0.2) is 9.18 Å². The van der Waals surface area contributed by atoms with Gasteiger partial charge in [-0.05, 0) is 42.8 Å². The third kappa shape index (κ3) is 2.85. The van der Waals surface area contributed by atoms with Gasteiger partial charge in [0.1, 0.15) is 5.82 Å². The number of aromatic amines is 2. The summed E-state index contributed by atoms with van der Waals surface area (Å²) in [5.41, 5.74) is 2.66. The van der Waals surface area contributed by atoms with Crippen molar-refractivity contribution in [1.82, 2.24) is 9.97 Å². The van der Waals surface area contributed by atoms with Crippen LogP contribution in [-0.2, 0) is 0 Å². The average Bonchev–Trinajstić information content (AvgIpc) is 2.80. The first-order valence-corrected chi connectivity index (χ1v) is 7.26. The van der Waals surface area contributed by atoms with Crippen LogP contribution in [0.25, 0.3) is 11.0 Å². The van der Waals surface area contributed by atoms with Gasteiger partial charge in [-0.2, -0.15) is 0 Å². The van der Waals surface area contributed by atoms with Crippen molar-refractivity contribution in [2.75, 3.05) is 5.32 Å². The van der Waals surface area contributed by atoms with E-state index in [1.165, 1.54) is 6.07 Å². The van der Waals surface area contributed by atoms with Crippen LogP contribution in [0.1, 0.15) is 18.5 Å². The monoisotopic (exact) mass is 349 g/mol. The minimum atomic E-state index is -0.313. The first-order chi connectivity index (χ1) is 10.0. The van der Waals surface area contributed by atoms with Crippen molar-refractivity contribution in [3.63, 3.8) is 0 Å². The summed E-state index contributed by atoms with van der Waals surface area (Å²) in [7, 11) is 0. The normalized spacial score (nSPS) is 12.5. The van der Waals surface area contributed by atoms with Crippen LogP contribution >= 0.6 is 15.9 Å². The van der Waals surface area contributed by atoms with Crippen LogP contribution < -0.4 is 11.0 Å². The molecule has 0 saturated carbocycles. The van der Waals surface area contributed by atoms with Crippen LogP contribution in [0.15, 0.2) is 45.7 Å². The highest BCUT2D eigenvalue weighted by Gasteiger charge is 2.10. The number of halogens is 2. The van der Waals surface area contributed by atoms with E-state index in [2.05, 4.69) is 31.2 Å². The molecule has 0 aliphatic carbocycles. The molecule has 6 heteroatoms. The lowest BCUT2D eigenvalue weighted by molar-refractivity contribution is 0.626. The molecule has 0 saturated heterocycles. The summed E-state index contributed by atoms with van der Waals surface area (Å²) in [6.07, 6.45) is 0. The Morgan fingerprint density at radius 1 is 1.14 bits per heavy atom. The average molecular weight is 350 g/mol. The Morgan fingerprint density at radius 2 is 1.90 bits per heavy atom. The molecule has 1 atom stereocenters. The number of rotatable bonds is 3. The molecule has 108 valence electrons. The van der Waals surface area contributed by atoms with Crippen molar-refractivity contribution < 1.29 is 4.39 Å². The molecule has 2 aromatic carbocycles. The van der Waals surface area contributed by atoms with Crippen LogP contribution in [0.3, 0.4) is 0 Å². The standard InChI is InChI=1S/C15H13BrFN3O/c1-8(18-12-5-3-10(16)7-11(12)17)9-2-4-13-14(6-9)20-15(21)19-13/h2-8,18H,1H3,(H2,19,20,21). The van der Waals surface area contributed by atoms with Crippen molar-refractivity contribution in [3.8, 4) is 0 Å². The maximum Gasteiger partial charge on any atom is 0.323 e. The van der Waals surface area contributed by atoms with E-state index in [1.807, 2.05) is 25.1 Å². The minimum absolute atomic E-state index is 0.0940. The number of anilines is 1. The third-order valence-electron chi connectivity index (χ3n) is 3.34. The van der Waals surface area contributed by atoms with Crippen LogP contribution in [0.5, 0.6) is 0 Å². The van der Waals surface area contributed by atoms with Crippen LogP contribution in [0.4, 0.5) is 10.1 Å². The van der Waals surface area contributed by atoms with E-state index in [0.29, 0.717) is 10.2 Å². The molecule has 0 radical (unpaired) electrons. The van der Waals surface area contributed by atoms with E-state index in [1.54, 1.807) is 12.1 Å². The summed E-state index contributed by atoms with van der Waals surface area (Å²) in [5.74, 6) is -0.313. The summed E-state index contributed by atoms with van der Waals surface area (Å²) in [6.45, 7) is 1.94. The molecule has 0 aliphatic heterocycles. The molecule has 0 bridgehead atoms. The van der Waals surface area contributed by atoms with Gasteiger partial charge in [0, 0.05) is 10.5 Å². The zero-order chi connectivity index (χ0) is 15.0. The van der Waals surface area contributed by atoms with Crippen LogP contribution in [0.2, 0.25) is 0 Å². The number of hydrogen-bond acceptors (Lipinski definition) is 2. The SMILES string of the molecule is CC(Nc1ccc(Br)cc1F)c1ccc2[nH]c(=O)[nH]c2c1. The van der Waals surface area contributed by atoms with Crippen molar-refractivity contribution in [1.29, 1.82) is 0 Å². The maximum absolute atomic E-state index is 13.8. The van der Waals surface area contributed by atoms with Gasteiger partial charge >= 0.3 is 5.69 Å². The predicted octanol–water partition coefficient (Wildman–Crippen LogP) is 3.93. The number of H-pyrrole nitrogens is 2. The van der Waals surface area contributed by atoms with Gasteiger partial charge in [0.05, 0.1) is 16.7 Å². The molecule has 1 heterocycles. The minimum Gasteiger partial charge on any atom is -0.376 e. The molecule has 0 amide bonds. The largest absolute Gasteiger partial charge is 0.376 e. The Hall–Kier alpha value is -2.08. The lowest BCUT2D eigenvalue weighted by atomic mass is 10.1. The lowest BCUT2D eigenvalue weighted by Gasteiger charge is -2.16. The van der Waals surface area contributed by atoms with Gasteiger partial charge in [-0.1, -0.05) is 22.0 Å². The number of nitrogens with one attached hydrogen (secondary N) is 3. The lowest BCUT2D eigenvalue weighted by Crippen LogP contribution is -2.07. The van der Waals surface area contributed by atoms with Crippen molar-refractivity contribution in [2.45, 2.75) is 13.0 Å². The van der Waals surface area contributed by atoms with Gasteiger partial charge in [-0.15, -0.1) is 0 Å². The molecular weight excluding hydrogens is 337 g/mol. The zero-order valence-electron chi connectivity index (χ0n) is 11.2. The molecule has 1 aromatic heterocycles. The highest BCUT2D eigenvalue weighted by Crippen LogP contribution is 2.25. The van der Waals surface area contributed by atoms with Gasteiger partial charge in [0.2, 0.25) is 0 Å². The Labute approximate surface area is 128 Å². The number of hydrogen-bond donors (Lipinski definition) is 3. The van der Waals surface area contributed by atoms with Crippen molar-refractivity contribution >= 4 is 32.7 Å². The maximum atomic E-state index is 13.8. The zero-order valence-corrected chi connectivity index (χ0v) is 12.8. The number of aromatic nitrogens is 2. The summed E-state index contributed by atoms with van der Waals surface area (Å²) in [4.78, 5) is 16.7. The van der Waals surface area contributed by atoms with E-state index in [9.17, 15) is 9.18 Å². The van der Waals surface area contributed by atoms with Crippen LogP contribution in [0, 0.1) is 5.82 Å². The molecule has 3 N–H and O–H groups in total. The highest BCUT2D eigenvalue weighted by atomic mass is 79.9.